The van der Waals surface area contributed by atoms with Crippen molar-refractivity contribution >= 4 is 17.9 Å². The number of hydrogen-bond donors (Lipinski definition) is 0. The van der Waals surface area contributed by atoms with Crippen LogP contribution in [-0.2, 0) is 28.6 Å². The molecule has 0 radical (unpaired) electrons. The maximum absolute atomic E-state index is 12.8. The Labute approximate surface area is 390 Å². The lowest BCUT2D eigenvalue weighted by Crippen LogP contribution is -2.30. The summed E-state index contributed by atoms with van der Waals surface area (Å²) in [6, 6.07) is 0. The van der Waals surface area contributed by atoms with Gasteiger partial charge in [0.05, 0.1) is 0 Å². The van der Waals surface area contributed by atoms with Crippen LogP contribution in [0.25, 0.3) is 0 Å². The molecule has 0 aliphatic heterocycles. The number of ether oxygens (including phenoxy) is 3. The van der Waals surface area contributed by atoms with Gasteiger partial charge < -0.3 is 14.2 Å². The molecule has 0 aromatic rings. The van der Waals surface area contributed by atoms with Gasteiger partial charge in [0.25, 0.3) is 0 Å². The fourth-order valence-corrected chi connectivity index (χ4v) is 7.75. The minimum Gasteiger partial charge on any atom is -0.462 e. The Kier molecular flexibility index (Phi) is 49.8. The van der Waals surface area contributed by atoms with E-state index in [0.29, 0.717) is 19.3 Å². The van der Waals surface area contributed by atoms with Crippen LogP contribution in [0.4, 0.5) is 0 Å². The van der Waals surface area contributed by atoms with Gasteiger partial charge in [0.15, 0.2) is 6.10 Å². The molecule has 6 heteroatoms. The Balaban J connectivity index is 4.37. The molecule has 366 valence electrons. The normalized spacial score (nSPS) is 12.4. The van der Waals surface area contributed by atoms with E-state index in [2.05, 4.69) is 69.4 Å². The molecule has 0 N–H and O–H groups in total. The number of unbranched alkanes of at least 4 members (excludes halogenated alkanes) is 30. The second kappa shape index (κ2) is 52.0. The highest BCUT2D eigenvalue weighted by molar-refractivity contribution is 5.71. The predicted molar refractivity (Wildman–Crippen MR) is 270 cm³/mol. The lowest BCUT2D eigenvalue weighted by molar-refractivity contribution is -0.167. The summed E-state index contributed by atoms with van der Waals surface area (Å²) in [4.78, 5) is 38.0. The van der Waals surface area contributed by atoms with Gasteiger partial charge in [-0.15, -0.1) is 0 Å². The highest BCUT2D eigenvalue weighted by Gasteiger charge is 2.19. The maximum Gasteiger partial charge on any atom is 0.306 e. The van der Waals surface area contributed by atoms with Gasteiger partial charge in [0.2, 0.25) is 0 Å². The van der Waals surface area contributed by atoms with Gasteiger partial charge in [0.1, 0.15) is 13.2 Å². The van der Waals surface area contributed by atoms with Crippen molar-refractivity contribution in [3.05, 3.63) is 48.6 Å². The van der Waals surface area contributed by atoms with E-state index >= 15 is 0 Å². The molecule has 1 unspecified atom stereocenters. The van der Waals surface area contributed by atoms with Crippen LogP contribution in [0.15, 0.2) is 48.6 Å². The third-order valence-electron chi connectivity index (χ3n) is 11.8. The van der Waals surface area contributed by atoms with Crippen molar-refractivity contribution < 1.29 is 28.6 Å². The summed E-state index contributed by atoms with van der Waals surface area (Å²) >= 11 is 0. The van der Waals surface area contributed by atoms with Crippen molar-refractivity contribution in [3.63, 3.8) is 0 Å². The number of carbonyl (C=O) groups is 3. The minimum absolute atomic E-state index is 0.0824. The Hall–Kier alpha value is -2.63. The molecule has 0 saturated heterocycles. The van der Waals surface area contributed by atoms with Gasteiger partial charge in [-0.05, 0) is 77.0 Å². The smallest absolute Gasteiger partial charge is 0.306 e. The summed E-state index contributed by atoms with van der Waals surface area (Å²) in [5, 5.41) is 0. The highest BCUT2D eigenvalue weighted by atomic mass is 16.6. The lowest BCUT2D eigenvalue weighted by Gasteiger charge is -2.18. The van der Waals surface area contributed by atoms with Crippen LogP contribution in [0.5, 0.6) is 0 Å². The first-order valence-corrected chi connectivity index (χ1v) is 27.1. The Bertz CT molecular complexity index is 1110. The largest absolute Gasteiger partial charge is 0.462 e. The van der Waals surface area contributed by atoms with Crippen LogP contribution in [0.1, 0.15) is 278 Å². The van der Waals surface area contributed by atoms with E-state index in [9.17, 15) is 14.4 Å². The van der Waals surface area contributed by atoms with Crippen LogP contribution >= 0.6 is 0 Å². The summed E-state index contributed by atoms with van der Waals surface area (Å²) in [7, 11) is 0. The zero-order valence-corrected chi connectivity index (χ0v) is 41.8. The average molecular weight is 883 g/mol. The molecule has 0 fully saturated rings. The molecule has 6 nitrogen and oxygen atoms in total. The molecule has 0 aromatic carbocycles. The molecule has 0 spiro atoms. The topological polar surface area (TPSA) is 78.9 Å². The zero-order valence-electron chi connectivity index (χ0n) is 41.8. The van der Waals surface area contributed by atoms with Gasteiger partial charge >= 0.3 is 17.9 Å². The molecule has 0 aliphatic rings. The van der Waals surface area contributed by atoms with Gasteiger partial charge in [-0.1, -0.05) is 230 Å². The van der Waals surface area contributed by atoms with Gasteiger partial charge in [-0.25, -0.2) is 0 Å². The van der Waals surface area contributed by atoms with Gasteiger partial charge in [0, 0.05) is 19.3 Å². The van der Waals surface area contributed by atoms with E-state index in [1.807, 2.05) is 0 Å². The Morgan fingerprint density at radius 2 is 0.619 bits per heavy atom. The average Bonchev–Trinajstić information content (AvgIpc) is 3.28. The molecule has 0 bridgehead atoms. The van der Waals surface area contributed by atoms with Crippen molar-refractivity contribution in [2.24, 2.45) is 0 Å². The number of esters is 3. The third-order valence-corrected chi connectivity index (χ3v) is 11.8. The van der Waals surface area contributed by atoms with Crippen molar-refractivity contribution in [3.8, 4) is 0 Å². The van der Waals surface area contributed by atoms with Crippen LogP contribution in [0.2, 0.25) is 0 Å². The van der Waals surface area contributed by atoms with Crippen LogP contribution in [0.3, 0.4) is 0 Å². The van der Waals surface area contributed by atoms with E-state index in [1.54, 1.807) is 0 Å². The Morgan fingerprint density at radius 1 is 0.333 bits per heavy atom. The molecule has 1 atom stereocenters. The molecule has 0 heterocycles. The fourth-order valence-electron chi connectivity index (χ4n) is 7.75. The van der Waals surface area contributed by atoms with Crippen molar-refractivity contribution in [2.75, 3.05) is 13.2 Å². The van der Waals surface area contributed by atoms with Crippen molar-refractivity contribution in [1.29, 1.82) is 0 Å². The van der Waals surface area contributed by atoms with Gasteiger partial charge in [-0.3, -0.25) is 14.4 Å². The second-order valence-corrected chi connectivity index (χ2v) is 18.1. The summed E-state index contributed by atoms with van der Waals surface area (Å²) in [6.45, 7) is 6.52. The monoisotopic (exact) mass is 883 g/mol. The van der Waals surface area contributed by atoms with Crippen molar-refractivity contribution in [2.45, 2.75) is 284 Å². The Morgan fingerprint density at radius 3 is 0.984 bits per heavy atom. The summed E-state index contributed by atoms with van der Waals surface area (Å²) in [6.07, 6.45) is 62.4. The molecule has 63 heavy (non-hydrogen) atoms. The van der Waals surface area contributed by atoms with E-state index in [4.69, 9.17) is 14.2 Å². The first-order chi connectivity index (χ1) is 31.0. The lowest BCUT2D eigenvalue weighted by atomic mass is 10.0. The number of carbonyl (C=O) groups excluding carboxylic acids is 3. The van der Waals surface area contributed by atoms with E-state index in [0.717, 1.165) is 96.3 Å². The van der Waals surface area contributed by atoms with E-state index in [-0.39, 0.29) is 31.1 Å². The number of hydrogen-bond acceptors (Lipinski definition) is 6. The predicted octanol–water partition coefficient (Wildman–Crippen LogP) is 17.9. The van der Waals surface area contributed by atoms with Crippen LogP contribution < -0.4 is 0 Å². The minimum atomic E-state index is -0.785. The van der Waals surface area contributed by atoms with Crippen LogP contribution in [-0.4, -0.2) is 37.2 Å². The fraction of sp³-hybridized carbons (Fsp3) is 0.807. The molecule has 0 aliphatic carbocycles. The zero-order chi connectivity index (χ0) is 45.8. The molecule has 0 saturated carbocycles. The summed E-state index contributed by atoms with van der Waals surface area (Å²) < 4.78 is 16.8. The standard InChI is InChI=1S/C57H102O6/c1-4-7-10-13-16-19-22-25-27-28-29-30-33-35-38-41-44-47-50-56(59)62-53-54(52-61-55(58)49-46-43-40-37-34-31-24-21-18-15-12-9-6-3)63-57(60)51-48-45-42-39-36-32-26-23-20-17-14-11-8-5-2/h8,11,17,20,26,29-30,32,54H,4-7,9-10,12-16,18-19,21-25,27-28,31,33-53H2,1-3H3/b11-8-,20-17-,30-29-,32-26-. The highest BCUT2D eigenvalue weighted by Crippen LogP contribution is 2.15. The number of rotatable bonds is 49. The van der Waals surface area contributed by atoms with E-state index in [1.165, 1.54) is 141 Å². The second-order valence-electron chi connectivity index (χ2n) is 18.1. The van der Waals surface area contributed by atoms with Crippen molar-refractivity contribution in [1.82, 2.24) is 0 Å². The number of allylic oxidation sites excluding steroid dienone is 8. The molecule has 0 rings (SSSR count). The summed E-state index contributed by atoms with van der Waals surface area (Å²) in [5.74, 6) is -0.903. The van der Waals surface area contributed by atoms with Gasteiger partial charge in [-0.2, -0.15) is 0 Å². The molecular weight excluding hydrogens is 781 g/mol. The quantitative estimate of drug-likeness (QED) is 0.0262. The first-order valence-electron chi connectivity index (χ1n) is 27.1. The first kappa shape index (κ1) is 60.4. The molecule has 0 aromatic heterocycles. The van der Waals surface area contributed by atoms with Crippen LogP contribution in [0, 0.1) is 0 Å². The maximum atomic E-state index is 12.8. The third kappa shape index (κ3) is 50.2. The SMILES string of the molecule is CC/C=C\C/C=C\C/C=C\CCCCCCC(=O)OC(COC(=O)CCCCCCC/C=C\CCCCCCCCCCC)COC(=O)CCCCCCCCCCCCCCC. The summed E-state index contributed by atoms with van der Waals surface area (Å²) in [5.41, 5.74) is 0. The van der Waals surface area contributed by atoms with E-state index < -0.39 is 6.10 Å². The molecular formula is C57H102O6. The molecule has 0 amide bonds.